The number of hydrogen-bond acceptors (Lipinski definition) is 9. The molecule has 1 aliphatic rings. The molecule has 3 heterocycles. The maximum absolute atomic E-state index is 5.90. The van der Waals surface area contributed by atoms with Crippen LogP contribution < -0.4 is 9.47 Å². The van der Waals surface area contributed by atoms with Gasteiger partial charge in [-0.3, -0.25) is 4.57 Å². The van der Waals surface area contributed by atoms with Gasteiger partial charge in [-0.2, -0.15) is 4.98 Å². The van der Waals surface area contributed by atoms with Gasteiger partial charge in [0.05, 0.1) is 37.7 Å². The molecule has 182 valence electrons. The number of para-hydroxylation sites is 1. The summed E-state index contributed by atoms with van der Waals surface area (Å²) < 4.78 is 24.5. The maximum Gasteiger partial charge on any atom is 0.237 e. The van der Waals surface area contributed by atoms with Crippen molar-refractivity contribution in [3.63, 3.8) is 0 Å². The molecule has 4 aromatic rings. The summed E-state index contributed by atoms with van der Waals surface area (Å²) >= 11 is 1.51. The van der Waals surface area contributed by atoms with Crippen LogP contribution in [0.25, 0.3) is 22.8 Å². The molecule has 1 fully saturated rings. The van der Waals surface area contributed by atoms with Crippen molar-refractivity contribution in [3.05, 3.63) is 54.4 Å². The van der Waals surface area contributed by atoms with Crippen molar-refractivity contribution in [2.45, 2.75) is 43.3 Å². The molecular formula is C25H27N5O4S. The number of nitrogens with zero attached hydrogens (tertiary/aromatic N) is 5. The molecule has 2 aromatic carbocycles. The SMILES string of the molecule is CCOc1ccccc1-c1noc(CSc2nnc(-c3ccc(OC)cc3)n2CC2CCCO2)n1. The molecule has 0 spiro atoms. The van der Waals surface area contributed by atoms with Crippen molar-refractivity contribution in [2.75, 3.05) is 20.3 Å². The molecule has 0 amide bonds. The lowest BCUT2D eigenvalue weighted by Crippen LogP contribution is -2.16. The van der Waals surface area contributed by atoms with Crippen LogP contribution in [-0.2, 0) is 17.0 Å². The van der Waals surface area contributed by atoms with E-state index >= 15 is 0 Å². The summed E-state index contributed by atoms with van der Waals surface area (Å²) in [5, 5.41) is 13.9. The summed E-state index contributed by atoms with van der Waals surface area (Å²) in [5.41, 5.74) is 1.77. The van der Waals surface area contributed by atoms with Gasteiger partial charge in [-0.05, 0) is 56.2 Å². The van der Waals surface area contributed by atoms with E-state index in [-0.39, 0.29) is 6.10 Å². The van der Waals surface area contributed by atoms with Crippen LogP contribution in [0.1, 0.15) is 25.7 Å². The van der Waals surface area contributed by atoms with Gasteiger partial charge in [0.25, 0.3) is 0 Å². The Hall–Kier alpha value is -3.37. The highest BCUT2D eigenvalue weighted by Gasteiger charge is 2.22. The second-order valence-corrected chi connectivity index (χ2v) is 8.95. The van der Waals surface area contributed by atoms with Gasteiger partial charge in [-0.25, -0.2) is 0 Å². The number of benzene rings is 2. The Morgan fingerprint density at radius 1 is 1.11 bits per heavy atom. The van der Waals surface area contributed by atoms with Crippen LogP contribution in [0.2, 0.25) is 0 Å². The molecule has 0 bridgehead atoms. The summed E-state index contributed by atoms with van der Waals surface area (Å²) in [6.07, 6.45) is 2.24. The summed E-state index contributed by atoms with van der Waals surface area (Å²) in [6.45, 7) is 3.99. The van der Waals surface area contributed by atoms with Crippen molar-refractivity contribution in [3.8, 4) is 34.3 Å². The third-order valence-electron chi connectivity index (χ3n) is 5.70. The van der Waals surface area contributed by atoms with E-state index < -0.39 is 0 Å². The lowest BCUT2D eigenvalue weighted by atomic mass is 10.2. The molecule has 0 radical (unpaired) electrons. The van der Waals surface area contributed by atoms with Crippen LogP contribution in [0.4, 0.5) is 0 Å². The van der Waals surface area contributed by atoms with E-state index in [1.54, 1.807) is 7.11 Å². The molecule has 1 atom stereocenters. The zero-order valence-corrected chi connectivity index (χ0v) is 20.5. The average molecular weight is 494 g/mol. The van der Waals surface area contributed by atoms with E-state index in [1.807, 2.05) is 55.5 Å². The van der Waals surface area contributed by atoms with Crippen molar-refractivity contribution in [2.24, 2.45) is 0 Å². The molecule has 10 heteroatoms. The minimum atomic E-state index is 0.146. The highest BCUT2D eigenvalue weighted by Crippen LogP contribution is 2.31. The molecule has 9 nitrogen and oxygen atoms in total. The second kappa shape index (κ2) is 10.9. The van der Waals surface area contributed by atoms with E-state index in [0.717, 1.165) is 53.1 Å². The molecule has 1 unspecified atom stereocenters. The van der Waals surface area contributed by atoms with Gasteiger partial charge in [-0.15, -0.1) is 10.2 Å². The third-order valence-corrected chi connectivity index (χ3v) is 6.65. The Balaban J connectivity index is 1.36. The number of methoxy groups -OCH3 is 1. The van der Waals surface area contributed by atoms with Gasteiger partial charge in [0, 0.05) is 12.2 Å². The highest BCUT2D eigenvalue weighted by molar-refractivity contribution is 7.98. The highest BCUT2D eigenvalue weighted by atomic mass is 32.2. The predicted octanol–water partition coefficient (Wildman–Crippen LogP) is 4.87. The Kier molecular flexibility index (Phi) is 7.29. The van der Waals surface area contributed by atoms with Crippen LogP contribution in [0, 0.1) is 0 Å². The quantitative estimate of drug-likeness (QED) is 0.286. The van der Waals surface area contributed by atoms with Crippen LogP contribution in [0.15, 0.2) is 58.2 Å². The molecule has 5 rings (SSSR count). The number of rotatable bonds is 10. The van der Waals surface area contributed by atoms with Crippen LogP contribution in [0.3, 0.4) is 0 Å². The van der Waals surface area contributed by atoms with Crippen molar-refractivity contribution in [1.29, 1.82) is 0 Å². The number of thioether (sulfide) groups is 1. The van der Waals surface area contributed by atoms with Crippen molar-refractivity contribution in [1.82, 2.24) is 24.9 Å². The first kappa shape index (κ1) is 23.4. The summed E-state index contributed by atoms with van der Waals surface area (Å²) in [6, 6.07) is 15.5. The predicted molar refractivity (Wildman–Crippen MR) is 131 cm³/mol. The first-order valence-corrected chi connectivity index (χ1v) is 12.6. The Morgan fingerprint density at radius 3 is 2.74 bits per heavy atom. The lowest BCUT2D eigenvalue weighted by Gasteiger charge is -2.14. The normalized spacial score (nSPS) is 15.4. The van der Waals surface area contributed by atoms with E-state index in [0.29, 0.717) is 30.6 Å². The van der Waals surface area contributed by atoms with E-state index in [1.165, 1.54) is 11.8 Å². The van der Waals surface area contributed by atoms with Gasteiger partial charge < -0.3 is 18.7 Å². The number of hydrogen-bond donors (Lipinski definition) is 0. The van der Waals surface area contributed by atoms with Crippen molar-refractivity contribution < 1.29 is 18.7 Å². The fourth-order valence-electron chi connectivity index (χ4n) is 3.99. The second-order valence-electron chi connectivity index (χ2n) is 8.01. The summed E-state index contributed by atoms with van der Waals surface area (Å²) in [7, 11) is 1.65. The molecule has 1 saturated heterocycles. The molecule has 0 N–H and O–H groups in total. The molecule has 1 aliphatic heterocycles. The van der Waals surface area contributed by atoms with Gasteiger partial charge in [0.15, 0.2) is 11.0 Å². The van der Waals surface area contributed by atoms with Gasteiger partial charge in [-0.1, -0.05) is 29.1 Å². The molecule has 2 aromatic heterocycles. The number of ether oxygens (including phenoxy) is 3. The molecule has 0 aliphatic carbocycles. The Bertz CT molecular complexity index is 1250. The third kappa shape index (κ3) is 5.33. The smallest absolute Gasteiger partial charge is 0.237 e. The maximum atomic E-state index is 5.90. The minimum absolute atomic E-state index is 0.146. The van der Waals surface area contributed by atoms with Crippen LogP contribution >= 0.6 is 11.8 Å². The zero-order chi connectivity index (χ0) is 24.0. The topological polar surface area (TPSA) is 97.3 Å². The van der Waals surface area contributed by atoms with E-state index in [9.17, 15) is 0 Å². The van der Waals surface area contributed by atoms with Gasteiger partial charge in [0.1, 0.15) is 11.5 Å². The zero-order valence-electron chi connectivity index (χ0n) is 19.7. The standard InChI is InChI=1S/C25H27N5O4S/c1-3-32-21-9-5-4-8-20(21)23-26-22(34-29-23)16-35-25-28-27-24(17-10-12-18(31-2)13-11-17)30(25)15-19-7-6-14-33-19/h4-5,8-13,19H,3,6-7,14-16H2,1-2H3. The van der Waals surface area contributed by atoms with Crippen LogP contribution in [-0.4, -0.2) is 51.3 Å². The van der Waals surface area contributed by atoms with E-state index in [2.05, 4.69) is 24.9 Å². The first-order valence-electron chi connectivity index (χ1n) is 11.6. The number of aromatic nitrogens is 5. The van der Waals surface area contributed by atoms with E-state index in [4.69, 9.17) is 18.7 Å². The Labute approximate surface area is 207 Å². The van der Waals surface area contributed by atoms with Gasteiger partial charge >= 0.3 is 0 Å². The monoisotopic (exact) mass is 493 g/mol. The molecule has 35 heavy (non-hydrogen) atoms. The molecule has 0 saturated carbocycles. The first-order chi connectivity index (χ1) is 17.2. The van der Waals surface area contributed by atoms with Crippen LogP contribution in [0.5, 0.6) is 11.5 Å². The molecular weight excluding hydrogens is 466 g/mol. The summed E-state index contributed by atoms with van der Waals surface area (Å²) in [4.78, 5) is 4.58. The lowest BCUT2D eigenvalue weighted by molar-refractivity contribution is 0.0953. The fraction of sp³-hybridized carbons (Fsp3) is 0.360. The Morgan fingerprint density at radius 2 is 1.97 bits per heavy atom. The van der Waals surface area contributed by atoms with Gasteiger partial charge in [0.2, 0.25) is 11.7 Å². The fourth-order valence-corrected chi connectivity index (χ4v) is 4.77. The summed E-state index contributed by atoms with van der Waals surface area (Å²) in [5.74, 6) is 3.80. The average Bonchev–Trinajstić information content (AvgIpc) is 3.66. The minimum Gasteiger partial charge on any atom is -0.497 e. The largest absolute Gasteiger partial charge is 0.497 e. The van der Waals surface area contributed by atoms with Crippen molar-refractivity contribution >= 4 is 11.8 Å².